The number of carbonyl (C=O) groups is 2. The van der Waals surface area contributed by atoms with Crippen molar-refractivity contribution in [2.45, 2.75) is 4.90 Å². The lowest BCUT2D eigenvalue weighted by molar-refractivity contribution is -0.133. The van der Waals surface area contributed by atoms with Gasteiger partial charge in [-0.25, -0.2) is 13.6 Å². The molecule has 0 saturated carbocycles. The summed E-state index contributed by atoms with van der Waals surface area (Å²) in [4.78, 5) is 23.9. The molecule has 0 aromatic heterocycles. The summed E-state index contributed by atoms with van der Waals surface area (Å²) in [5, 5.41) is 9.76. The molecule has 9 nitrogen and oxygen atoms in total. The number of rotatable bonds is 5. The van der Waals surface area contributed by atoms with Crippen LogP contribution < -0.4 is 25.2 Å². The Kier molecular flexibility index (Phi) is 5.80. The van der Waals surface area contributed by atoms with Gasteiger partial charge in [-0.15, -0.1) is 0 Å². The fraction of sp³-hybridized carbons (Fsp3) is 0.125. The second-order valence-corrected chi connectivity index (χ2v) is 6.61. The van der Waals surface area contributed by atoms with E-state index in [1.54, 1.807) is 12.1 Å². The van der Waals surface area contributed by atoms with Crippen molar-refractivity contribution in [2.24, 2.45) is 5.14 Å². The van der Waals surface area contributed by atoms with Crippen LogP contribution in [0.3, 0.4) is 0 Å². The van der Waals surface area contributed by atoms with Crippen molar-refractivity contribution in [3.05, 3.63) is 42.5 Å². The molecule has 2 amide bonds. The van der Waals surface area contributed by atoms with Crippen molar-refractivity contribution in [2.75, 3.05) is 24.9 Å². The van der Waals surface area contributed by atoms with E-state index in [0.717, 1.165) is 0 Å². The third-order valence-corrected chi connectivity index (χ3v) is 4.23. The number of benzene rings is 2. The van der Waals surface area contributed by atoms with E-state index in [2.05, 4.69) is 10.6 Å². The molecule has 0 saturated heterocycles. The standard InChI is InChI=1S/C16H17N3O6S/c1-24-11-5-8-13(14(9-11)25-2)19-16(21)15(20)18-10-3-6-12(7-4-10)26(17,22)23/h3-9H,1-2H3,(H,18,20)(H,19,21)(H2,17,22,23). The van der Waals surface area contributed by atoms with Crippen LogP contribution >= 0.6 is 0 Å². The predicted molar refractivity (Wildman–Crippen MR) is 94.6 cm³/mol. The Morgan fingerprint density at radius 3 is 2.08 bits per heavy atom. The lowest BCUT2D eigenvalue weighted by atomic mass is 10.2. The quantitative estimate of drug-likeness (QED) is 0.661. The Labute approximate surface area is 150 Å². The van der Waals surface area contributed by atoms with Crippen LogP contribution in [0.2, 0.25) is 0 Å². The molecule has 2 rings (SSSR count). The predicted octanol–water partition coefficient (Wildman–Crippen LogP) is 0.928. The molecular formula is C16H17N3O6S. The topological polar surface area (TPSA) is 137 Å². The molecule has 2 aromatic rings. The van der Waals surface area contributed by atoms with Crippen molar-refractivity contribution in [1.29, 1.82) is 0 Å². The van der Waals surface area contributed by atoms with Gasteiger partial charge in [0.05, 0.1) is 24.8 Å². The van der Waals surface area contributed by atoms with E-state index in [0.29, 0.717) is 11.5 Å². The van der Waals surface area contributed by atoms with Crippen LogP contribution in [0.15, 0.2) is 47.4 Å². The molecule has 4 N–H and O–H groups in total. The molecule has 0 fully saturated rings. The van der Waals surface area contributed by atoms with Crippen LogP contribution in [-0.2, 0) is 19.6 Å². The summed E-state index contributed by atoms with van der Waals surface area (Å²) in [5.74, 6) is -1.02. The van der Waals surface area contributed by atoms with Crippen molar-refractivity contribution in [3.63, 3.8) is 0 Å². The summed E-state index contributed by atoms with van der Waals surface area (Å²) >= 11 is 0. The molecule has 0 spiro atoms. The van der Waals surface area contributed by atoms with Crippen molar-refractivity contribution in [1.82, 2.24) is 0 Å². The summed E-state index contributed by atoms with van der Waals surface area (Å²) in [6.45, 7) is 0. The van der Waals surface area contributed by atoms with Gasteiger partial charge in [-0.1, -0.05) is 0 Å². The molecule has 10 heteroatoms. The molecule has 0 aliphatic rings. The highest BCUT2D eigenvalue weighted by atomic mass is 32.2. The van der Waals surface area contributed by atoms with Gasteiger partial charge in [-0.3, -0.25) is 9.59 Å². The minimum atomic E-state index is -3.83. The molecule has 26 heavy (non-hydrogen) atoms. The molecule has 0 bridgehead atoms. The number of nitrogens with two attached hydrogens (primary N) is 1. The zero-order chi connectivity index (χ0) is 19.3. The van der Waals surface area contributed by atoms with E-state index in [4.69, 9.17) is 14.6 Å². The lowest BCUT2D eigenvalue weighted by Crippen LogP contribution is -2.29. The molecule has 0 aliphatic heterocycles. The van der Waals surface area contributed by atoms with Gasteiger partial charge < -0.3 is 20.1 Å². The monoisotopic (exact) mass is 379 g/mol. The molecule has 0 atom stereocenters. The molecule has 0 unspecified atom stereocenters. The van der Waals surface area contributed by atoms with Crippen LogP contribution in [0.4, 0.5) is 11.4 Å². The number of sulfonamides is 1. The van der Waals surface area contributed by atoms with Gasteiger partial charge in [0.15, 0.2) is 0 Å². The van der Waals surface area contributed by atoms with Crippen LogP contribution in [0, 0.1) is 0 Å². The van der Waals surface area contributed by atoms with Gasteiger partial charge in [0, 0.05) is 11.8 Å². The Balaban J connectivity index is 2.07. The number of primary sulfonamides is 1. The summed E-state index contributed by atoms with van der Waals surface area (Å²) < 4.78 is 32.6. The van der Waals surface area contributed by atoms with E-state index in [1.807, 2.05) is 0 Å². The maximum absolute atomic E-state index is 12.0. The Morgan fingerprint density at radius 2 is 1.54 bits per heavy atom. The molecule has 2 aromatic carbocycles. The smallest absolute Gasteiger partial charge is 0.314 e. The third kappa shape index (κ3) is 4.71. The number of hydrogen-bond donors (Lipinski definition) is 3. The average molecular weight is 379 g/mol. The second kappa shape index (κ2) is 7.85. The number of ether oxygens (including phenoxy) is 2. The number of hydrogen-bond acceptors (Lipinski definition) is 6. The fourth-order valence-corrected chi connectivity index (χ4v) is 2.51. The van der Waals surface area contributed by atoms with E-state index in [1.165, 1.54) is 44.6 Å². The van der Waals surface area contributed by atoms with Gasteiger partial charge in [0.1, 0.15) is 11.5 Å². The van der Waals surface area contributed by atoms with Gasteiger partial charge >= 0.3 is 11.8 Å². The summed E-state index contributed by atoms with van der Waals surface area (Å²) in [5.41, 5.74) is 0.525. The first-order valence-electron chi connectivity index (χ1n) is 7.22. The molecular weight excluding hydrogens is 362 g/mol. The SMILES string of the molecule is COc1ccc(NC(=O)C(=O)Nc2ccc(S(N)(=O)=O)cc2)c(OC)c1. The first kappa shape index (κ1) is 19.2. The summed E-state index contributed by atoms with van der Waals surface area (Å²) in [6, 6.07) is 9.76. The first-order chi connectivity index (χ1) is 12.2. The van der Waals surface area contributed by atoms with Crippen LogP contribution in [0.1, 0.15) is 0 Å². The number of nitrogens with one attached hydrogen (secondary N) is 2. The number of anilines is 2. The van der Waals surface area contributed by atoms with Gasteiger partial charge in [-0.05, 0) is 36.4 Å². The third-order valence-electron chi connectivity index (χ3n) is 3.30. The normalized spacial score (nSPS) is 10.7. The summed E-state index contributed by atoms with van der Waals surface area (Å²) in [6.07, 6.45) is 0. The highest BCUT2D eigenvalue weighted by Gasteiger charge is 2.17. The number of carbonyl (C=O) groups excluding carboxylic acids is 2. The highest BCUT2D eigenvalue weighted by Crippen LogP contribution is 2.29. The van der Waals surface area contributed by atoms with E-state index < -0.39 is 21.8 Å². The minimum absolute atomic E-state index is 0.108. The Morgan fingerprint density at radius 1 is 0.923 bits per heavy atom. The highest BCUT2D eigenvalue weighted by molar-refractivity contribution is 7.89. The molecule has 0 aliphatic carbocycles. The Hall–Kier alpha value is -3.11. The fourth-order valence-electron chi connectivity index (χ4n) is 2.00. The van der Waals surface area contributed by atoms with Crippen molar-refractivity contribution >= 4 is 33.2 Å². The zero-order valence-electron chi connectivity index (χ0n) is 14.0. The van der Waals surface area contributed by atoms with Crippen molar-refractivity contribution in [3.8, 4) is 11.5 Å². The molecule has 0 radical (unpaired) electrons. The second-order valence-electron chi connectivity index (χ2n) is 5.04. The molecule has 0 heterocycles. The van der Waals surface area contributed by atoms with Gasteiger partial charge in [0.2, 0.25) is 10.0 Å². The number of methoxy groups -OCH3 is 2. The van der Waals surface area contributed by atoms with Crippen molar-refractivity contribution < 1.29 is 27.5 Å². The van der Waals surface area contributed by atoms with E-state index in [-0.39, 0.29) is 16.3 Å². The van der Waals surface area contributed by atoms with E-state index >= 15 is 0 Å². The maximum Gasteiger partial charge on any atom is 0.314 e. The molecule has 138 valence electrons. The minimum Gasteiger partial charge on any atom is -0.497 e. The van der Waals surface area contributed by atoms with Crippen LogP contribution in [0.25, 0.3) is 0 Å². The average Bonchev–Trinajstić information content (AvgIpc) is 2.61. The Bertz CT molecular complexity index is 926. The largest absolute Gasteiger partial charge is 0.497 e. The van der Waals surface area contributed by atoms with Gasteiger partial charge in [0.25, 0.3) is 0 Å². The zero-order valence-corrected chi connectivity index (χ0v) is 14.8. The summed E-state index contributed by atoms with van der Waals surface area (Å²) in [7, 11) is -0.933. The lowest BCUT2D eigenvalue weighted by Gasteiger charge is -2.11. The maximum atomic E-state index is 12.0. The van der Waals surface area contributed by atoms with Gasteiger partial charge in [-0.2, -0.15) is 0 Å². The van der Waals surface area contributed by atoms with Crippen LogP contribution in [0.5, 0.6) is 11.5 Å². The first-order valence-corrected chi connectivity index (χ1v) is 8.76. The number of amides is 2. The van der Waals surface area contributed by atoms with E-state index in [9.17, 15) is 18.0 Å². The van der Waals surface area contributed by atoms with Crippen LogP contribution in [-0.4, -0.2) is 34.5 Å².